The number of nitrogens with one attached hydrogen (secondary N) is 1. The molecule has 1 aromatic rings. The highest BCUT2D eigenvalue weighted by Crippen LogP contribution is 2.26. The van der Waals surface area contributed by atoms with Gasteiger partial charge in [-0.1, -0.05) is 23.1 Å². The van der Waals surface area contributed by atoms with E-state index in [2.05, 4.69) is 15.5 Å². The molecule has 0 saturated carbocycles. The number of thioether (sulfide) groups is 2. The number of aromatic nitrogens is 2. The lowest BCUT2D eigenvalue weighted by Crippen LogP contribution is -2.46. The van der Waals surface area contributed by atoms with Crippen LogP contribution in [-0.2, 0) is 9.53 Å². The van der Waals surface area contributed by atoms with Gasteiger partial charge >= 0.3 is 6.09 Å². The Kier molecular flexibility index (Phi) is 5.56. The van der Waals surface area contributed by atoms with E-state index in [1.54, 1.807) is 20.8 Å². The van der Waals surface area contributed by atoms with Crippen LogP contribution in [0.1, 0.15) is 20.8 Å². The van der Waals surface area contributed by atoms with Gasteiger partial charge in [0.1, 0.15) is 11.6 Å². The number of ether oxygens (including phenoxy) is 1. The van der Waals surface area contributed by atoms with E-state index in [4.69, 9.17) is 4.74 Å². The van der Waals surface area contributed by atoms with Crippen LogP contribution in [0.2, 0.25) is 0 Å². The maximum absolute atomic E-state index is 12.4. The average molecular weight is 363 g/mol. The fourth-order valence-corrected chi connectivity index (χ4v) is 4.01. The molecule has 1 fully saturated rings. The number of hydrogen-bond donors (Lipinski definition) is 1. The molecule has 1 aromatic heterocycles. The Labute approximate surface area is 141 Å². The Bertz CT molecular complexity index is 558. The zero-order chi connectivity index (χ0) is 16.3. The van der Waals surface area contributed by atoms with E-state index in [1.807, 2.05) is 6.26 Å². The molecule has 0 aliphatic carbocycles. The molecule has 1 aliphatic rings. The molecule has 0 bridgehead atoms. The van der Waals surface area contributed by atoms with Crippen LogP contribution in [0.4, 0.5) is 9.93 Å². The highest BCUT2D eigenvalue weighted by atomic mass is 32.2. The summed E-state index contributed by atoms with van der Waals surface area (Å²) in [5.41, 5.74) is -0.585. The maximum Gasteiger partial charge on any atom is 0.411 e. The Balaban J connectivity index is 2.00. The Morgan fingerprint density at radius 1 is 1.41 bits per heavy atom. The van der Waals surface area contributed by atoms with Crippen molar-refractivity contribution in [2.24, 2.45) is 0 Å². The van der Waals surface area contributed by atoms with E-state index in [0.29, 0.717) is 16.8 Å². The van der Waals surface area contributed by atoms with Crippen LogP contribution in [0.15, 0.2) is 4.34 Å². The summed E-state index contributed by atoms with van der Waals surface area (Å²) in [6.07, 6.45) is 1.42. The minimum absolute atomic E-state index is 0.264. The lowest BCUT2D eigenvalue weighted by atomic mass is 10.2. The zero-order valence-electron chi connectivity index (χ0n) is 12.8. The first-order valence-corrected chi connectivity index (χ1v) is 9.75. The molecule has 22 heavy (non-hydrogen) atoms. The molecular formula is C12H18N4O3S3. The molecule has 0 radical (unpaired) electrons. The van der Waals surface area contributed by atoms with Crippen molar-refractivity contribution in [1.82, 2.24) is 15.1 Å². The van der Waals surface area contributed by atoms with Crippen molar-refractivity contribution < 1.29 is 14.3 Å². The van der Waals surface area contributed by atoms with Crippen LogP contribution < -0.4 is 5.32 Å². The van der Waals surface area contributed by atoms with Gasteiger partial charge in [-0.3, -0.25) is 15.0 Å². The average Bonchev–Trinajstić information content (AvgIpc) is 3.04. The van der Waals surface area contributed by atoms with Crippen molar-refractivity contribution in [2.75, 3.05) is 23.2 Å². The Morgan fingerprint density at radius 3 is 2.73 bits per heavy atom. The third-order valence-electron chi connectivity index (χ3n) is 2.62. The van der Waals surface area contributed by atoms with E-state index in [-0.39, 0.29) is 5.91 Å². The van der Waals surface area contributed by atoms with Gasteiger partial charge in [0.15, 0.2) is 4.34 Å². The van der Waals surface area contributed by atoms with Gasteiger partial charge in [0.2, 0.25) is 11.0 Å². The van der Waals surface area contributed by atoms with Gasteiger partial charge in [-0.25, -0.2) is 4.79 Å². The standard InChI is InChI=1S/C12H18N4O3S3/c1-12(2,3)19-11(18)16-6-21-5-7(16)8(17)13-9-14-15-10(20-4)22-9/h7H,5-6H2,1-4H3,(H,13,14,17). The molecule has 2 rings (SSSR count). The molecule has 7 nitrogen and oxygen atoms in total. The first kappa shape index (κ1) is 17.4. The van der Waals surface area contributed by atoms with Gasteiger partial charge in [-0.2, -0.15) is 0 Å². The van der Waals surface area contributed by atoms with E-state index >= 15 is 0 Å². The van der Waals surface area contributed by atoms with E-state index in [9.17, 15) is 9.59 Å². The zero-order valence-corrected chi connectivity index (χ0v) is 15.2. The van der Waals surface area contributed by atoms with Crippen LogP contribution >= 0.6 is 34.9 Å². The second kappa shape index (κ2) is 7.05. The summed E-state index contributed by atoms with van der Waals surface area (Å²) in [7, 11) is 0. The summed E-state index contributed by atoms with van der Waals surface area (Å²) in [4.78, 5) is 26.0. The summed E-state index contributed by atoms with van der Waals surface area (Å²) < 4.78 is 6.12. The van der Waals surface area contributed by atoms with Crippen molar-refractivity contribution in [3.63, 3.8) is 0 Å². The summed E-state index contributed by atoms with van der Waals surface area (Å²) >= 11 is 4.29. The normalized spacial score (nSPS) is 18.4. The van der Waals surface area contributed by atoms with E-state index in [1.165, 1.54) is 39.8 Å². The molecule has 1 saturated heterocycles. The number of rotatable bonds is 3. The van der Waals surface area contributed by atoms with Gasteiger partial charge in [0, 0.05) is 5.75 Å². The fourth-order valence-electron chi connectivity index (χ4n) is 1.69. The summed E-state index contributed by atoms with van der Waals surface area (Å²) in [5, 5.41) is 11.0. The topological polar surface area (TPSA) is 84.4 Å². The van der Waals surface area contributed by atoms with Gasteiger partial charge < -0.3 is 4.74 Å². The second-order valence-electron chi connectivity index (χ2n) is 5.53. The summed E-state index contributed by atoms with van der Waals surface area (Å²) in [6, 6.07) is -0.554. The number of anilines is 1. The molecule has 1 atom stereocenters. The number of hydrogen-bond acceptors (Lipinski definition) is 8. The van der Waals surface area contributed by atoms with Crippen molar-refractivity contribution in [1.29, 1.82) is 0 Å². The third-order valence-corrected chi connectivity index (χ3v) is 5.45. The van der Waals surface area contributed by atoms with Crippen LogP contribution in [0.25, 0.3) is 0 Å². The number of nitrogens with zero attached hydrogens (tertiary/aromatic N) is 3. The molecule has 1 unspecified atom stereocenters. The molecule has 2 heterocycles. The van der Waals surface area contributed by atoms with Gasteiger partial charge in [0.25, 0.3) is 0 Å². The minimum atomic E-state index is -0.585. The number of amides is 2. The largest absolute Gasteiger partial charge is 0.444 e. The second-order valence-corrected chi connectivity index (χ2v) is 8.56. The summed E-state index contributed by atoms with van der Waals surface area (Å²) in [6.45, 7) is 5.40. The lowest BCUT2D eigenvalue weighted by molar-refractivity contribution is -0.120. The molecule has 0 spiro atoms. The van der Waals surface area contributed by atoms with E-state index in [0.717, 1.165) is 4.34 Å². The summed E-state index contributed by atoms with van der Waals surface area (Å²) in [5.74, 6) is 0.720. The molecule has 10 heteroatoms. The quantitative estimate of drug-likeness (QED) is 0.653. The SMILES string of the molecule is CSc1nnc(NC(=O)C2CSCN2C(=O)OC(C)(C)C)s1. The van der Waals surface area contributed by atoms with Crippen molar-refractivity contribution in [3.05, 3.63) is 0 Å². The van der Waals surface area contributed by atoms with Crippen LogP contribution in [0.5, 0.6) is 0 Å². The molecule has 1 aliphatic heterocycles. The van der Waals surface area contributed by atoms with Crippen LogP contribution in [-0.4, -0.2) is 56.6 Å². The molecule has 2 amide bonds. The molecular weight excluding hydrogens is 344 g/mol. The highest BCUT2D eigenvalue weighted by Gasteiger charge is 2.37. The first-order valence-electron chi connectivity index (χ1n) is 6.56. The smallest absolute Gasteiger partial charge is 0.411 e. The Hall–Kier alpha value is -1.00. The van der Waals surface area contributed by atoms with Crippen LogP contribution in [0, 0.1) is 0 Å². The Morgan fingerprint density at radius 2 is 2.14 bits per heavy atom. The van der Waals surface area contributed by atoms with Crippen molar-refractivity contribution >= 4 is 52.0 Å². The predicted molar refractivity (Wildman–Crippen MR) is 89.5 cm³/mol. The van der Waals surface area contributed by atoms with Crippen molar-refractivity contribution in [2.45, 2.75) is 36.8 Å². The van der Waals surface area contributed by atoms with Crippen molar-refractivity contribution in [3.8, 4) is 0 Å². The van der Waals surface area contributed by atoms with Gasteiger partial charge in [0.05, 0.1) is 5.88 Å². The molecule has 122 valence electrons. The number of carbonyl (C=O) groups is 2. The fraction of sp³-hybridized carbons (Fsp3) is 0.667. The predicted octanol–water partition coefficient (Wildman–Crippen LogP) is 2.51. The minimum Gasteiger partial charge on any atom is -0.444 e. The van der Waals surface area contributed by atoms with Gasteiger partial charge in [-0.05, 0) is 27.0 Å². The number of carbonyl (C=O) groups excluding carboxylic acids is 2. The highest BCUT2D eigenvalue weighted by molar-refractivity contribution is 8.00. The lowest BCUT2D eigenvalue weighted by Gasteiger charge is -2.27. The third kappa shape index (κ3) is 4.50. The monoisotopic (exact) mass is 362 g/mol. The van der Waals surface area contributed by atoms with Gasteiger partial charge in [-0.15, -0.1) is 22.0 Å². The molecule has 1 N–H and O–H groups in total. The first-order chi connectivity index (χ1) is 10.3. The van der Waals surface area contributed by atoms with Crippen LogP contribution in [0.3, 0.4) is 0 Å². The maximum atomic E-state index is 12.4. The van der Waals surface area contributed by atoms with E-state index < -0.39 is 17.7 Å². The molecule has 0 aromatic carbocycles.